The van der Waals surface area contributed by atoms with Crippen LogP contribution in [-0.2, 0) is 0 Å². The second kappa shape index (κ2) is 7.80. The molecule has 7 heteroatoms. The van der Waals surface area contributed by atoms with Crippen molar-refractivity contribution < 1.29 is 9.13 Å². The van der Waals surface area contributed by atoms with Crippen molar-refractivity contribution in [2.45, 2.75) is 38.0 Å². The maximum Gasteiger partial charge on any atom is 0.175 e. The molecule has 4 rings (SSSR count). The van der Waals surface area contributed by atoms with Crippen molar-refractivity contribution in [3.8, 4) is 22.8 Å². The molecule has 1 aliphatic carbocycles. The van der Waals surface area contributed by atoms with E-state index >= 15 is 4.39 Å². The largest absolute Gasteiger partial charge is 0.454 e. The van der Waals surface area contributed by atoms with Gasteiger partial charge in [0.15, 0.2) is 11.6 Å². The zero-order valence-corrected chi connectivity index (χ0v) is 15.4. The van der Waals surface area contributed by atoms with Crippen LogP contribution in [0.15, 0.2) is 42.9 Å². The lowest BCUT2D eigenvalue weighted by Crippen LogP contribution is -2.08. The highest BCUT2D eigenvalue weighted by Crippen LogP contribution is 2.42. The molecule has 1 fully saturated rings. The first-order valence-corrected chi connectivity index (χ1v) is 9.41. The van der Waals surface area contributed by atoms with E-state index in [9.17, 15) is 0 Å². The number of halogens is 1. The van der Waals surface area contributed by atoms with Crippen molar-refractivity contribution in [1.82, 2.24) is 15.0 Å². The molecular weight excluding hydrogens is 357 g/mol. The average molecular weight is 379 g/mol. The van der Waals surface area contributed by atoms with Gasteiger partial charge in [0.2, 0.25) is 0 Å². The van der Waals surface area contributed by atoms with Crippen LogP contribution >= 0.6 is 0 Å². The molecule has 0 amide bonds. The van der Waals surface area contributed by atoms with E-state index in [1.54, 1.807) is 18.2 Å². The molecule has 0 bridgehead atoms. The van der Waals surface area contributed by atoms with E-state index in [1.165, 1.54) is 25.0 Å². The Hall–Kier alpha value is -3.22. The molecule has 0 aliphatic heterocycles. The van der Waals surface area contributed by atoms with E-state index < -0.39 is 5.82 Å². The molecule has 0 atom stereocenters. The minimum atomic E-state index is -0.461. The van der Waals surface area contributed by atoms with Gasteiger partial charge in [-0.05, 0) is 30.9 Å². The third kappa shape index (κ3) is 3.74. The van der Waals surface area contributed by atoms with Crippen molar-refractivity contribution in [2.75, 3.05) is 11.5 Å². The fourth-order valence-corrected chi connectivity index (χ4v) is 3.69. The number of nitrogens with zero attached hydrogens (tertiary/aromatic N) is 3. The second-order valence-corrected chi connectivity index (χ2v) is 7.03. The Kier molecular flexibility index (Phi) is 5.06. The molecule has 0 spiro atoms. The van der Waals surface area contributed by atoms with Crippen molar-refractivity contribution in [1.29, 1.82) is 0 Å². The summed E-state index contributed by atoms with van der Waals surface area (Å²) in [5.41, 5.74) is 13.0. The summed E-state index contributed by atoms with van der Waals surface area (Å²) >= 11 is 0. The van der Waals surface area contributed by atoms with Crippen LogP contribution in [0.5, 0.6) is 11.5 Å². The Morgan fingerprint density at radius 2 is 1.75 bits per heavy atom. The minimum absolute atomic E-state index is 0.216. The van der Waals surface area contributed by atoms with E-state index in [0.29, 0.717) is 22.8 Å². The van der Waals surface area contributed by atoms with Gasteiger partial charge in [-0.1, -0.05) is 25.3 Å². The maximum absolute atomic E-state index is 15.6. The van der Waals surface area contributed by atoms with Gasteiger partial charge in [0.1, 0.15) is 17.4 Å². The average Bonchev–Trinajstić information content (AvgIpc) is 2.71. The molecule has 2 aromatic heterocycles. The first kappa shape index (κ1) is 18.2. The SMILES string of the molecule is Nc1cnc(-c2ccc(C3CCCCC3)c(Oc3ccnc(N)c3)c2F)cn1. The van der Waals surface area contributed by atoms with Crippen LogP contribution in [0, 0.1) is 5.82 Å². The molecule has 6 nitrogen and oxygen atoms in total. The smallest absolute Gasteiger partial charge is 0.175 e. The van der Waals surface area contributed by atoms with E-state index in [2.05, 4.69) is 15.0 Å². The number of nitrogens with two attached hydrogens (primary N) is 2. The number of hydrogen-bond acceptors (Lipinski definition) is 6. The third-order valence-electron chi connectivity index (χ3n) is 5.09. The lowest BCUT2D eigenvalue weighted by Gasteiger charge is -2.25. The fraction of sp³-hybridized carbons (Fsp3) is 0.286. The summed E-state index contributed by atoms with van der Waals surface area (Å²) in [6.45, 7) is 0. The van der Waals surface area contributed by atoms with Gasteiger partial charge in [-0.15, -0.1) is 0 Å². The van der Waals surface area contributed by atoms with Gasteiger partial charge in [0.25, 0.3) is 0 Å². The van der Waals surface area contributed by atoms with Crippen LogP contribution in [0.1, 0.15) is 43.6 Å². The summed E-state index contributed by atoms with van der Waals surface area (Å²) < 4.78 is 21.6. The highest BCUT2D eigenvalue weighted by molar-refractivity contribution is 5.64. The summed E-state index contributed by atoms with van der Waals surface area (Å²) in [4.78, 5) is 12.2. The molecule has 1 aliphatic rings. The Morgan fingerprint density at radius 3 is 2.46 bits per heavy atom. The van der Waals surface area contributed by atoms with Crippen LogP contribution in [0.25, 0.3) is 11.3 Å². The molecule has 0 unspecified atom stereocenters. The molecule has 2 heterocycles. The zero-order chi connectivity index (χ0) is 19.5. The molecule has 1 aromatic carbocycles. The van der Waals surface area contributed by atoms with Crippen LogP contribution in [0.4, 0.5) is 16.0 Å². The van der Waals surface area contributed by atoms with Crippen LogP contribution in [0.3, 0.4) is 0 Å². The van der Waals surface area contributed by atoms with Crippen molar-refractivity contribution in [3.63, 3.8) is 0 Å². The second-order valence-electron chi connectivity index (χ2n) is 7.03. The summed E-state index contributed by atoms with van der Waals surface area (Å²) in [6.07, 6.45) is 9.95. The van der Waals surface area contributed by atoms with Gasteiger partial charge in [-0.25, -0.2) is 14.4 Å². The molecule has 144 valence electrons. The highest BCUT2D eigenvalue weighted by atomic mass is 19.1. The molecule has 28 heavy (non-hydrogen) atoms. The Labute approximate surface area is 162 Å². The minimum Gasteiger partial charge on any atom is -0.454 e. The predicted molar refractivity (Wildman–Crippen MR) is 106 cm³/mol. The summed E-state index contributed by atoms with van der Waals surface area (Å²) in [5.74, 6) is 1.07. The normalized spacial score (nSPS) is 14.8. The fourth-order valence-electron chi connectivity index (χ4n) is 3.69. The molecule has 0 radical (unpaired) electrons. The number of nitrogen functional groups attached to an aromatic ring is 2. The van der Waals surface area contributed by atoms with Crippen molar-refractivity contribution in [3.05, 3.63) is 54.2 Å². The third-order valence-corrected chi connectivity index (χ3v) is 5.09. The standard InChI is InChI=1S/C21H22FN5O/c22-20-16(17-11-27-19(24)12-26-17)7-6-15(13-4-2-1-3-5-13)21(20)28-14-8-9-25-18(23)10-14/h6-13H,1-5H2,(H2,23,25)(H2,24,27). The number of ether oxygens (including phenoxy) is 1. The Balaban J connectivity index is 1.80. The molecule has 1 saturated carbocycles. The molecule has 0 saturated heterocycles. The van der Waals surface area contributed by atoms with Gasteiger partial charge >= 0.3 is 0 Å². The number of pyridine rings is 1. The first-order chi connectivity index (χ1) is 13.6. The summed E-state index contributed by atoms with van der Waals surface area (Å²) in [7, 11) is 0. The topological polar surface area (TPSA) is 99.9 Å². The Morgan fingerprint density at radius 1 is 0.929 bits per heavy atom. The van der Waals surface area contributed by atoms with Crippen LogP contribution < -0.4 is 16.2 Å². The number of anilines is 2. The van der Waals surface area contributed by atoms with E-state index in [-0.39, 0.29) is 17.5 Å². The summed E-state index contributed by atoms with van der Waals surface area (Å²) in [5, 5.41) is 0. The van der Waals surface area contributed by atoms with Gasteiger partial charge in [-0.3, -0.25) is 4.98 Å². The quantitative estimate of drug-likeness (QED) is 0.682. The van der Waals surface area contributed by atoms with E-state index in [4.69, 9.17) is 16.2 Å². The van der Waals surface area contributed by atoms with Crippen molar-refractivity contribution >= 4 is 11.6 Å². The van der Waals surface area contributed by atoms with Crippen molar-refractivity contribution in [2.24, 2.45) is 0 Å². The van der Waals surface area contributed by atoms with E-state index in [0.717, 1.165) is 31.2 Å². The highest BCUT2D eigenvalue weighted by Gasteiger charge is 2.25. The molecule has 4 N–H and O–H groups in total. The van der Waals surface area contributed by atoms with Gasteiger partial charge < -0.3 is 16.2 Å². The number of aromatic nitrogens is 3. The number of rotatable bonds is 4. The van der Waals surface area contributed by atoms with Gasteiger partial charge in [-0.2, -0.15) is 0 Å². The van der Waals surface area contributed by atoms with Crippen LogP contribution in [-0.4, -0.2) is 15.0 Å². The predicted octanol–water partition coefficient (Wildman–Crippen LogP) is 4.68. The number of hydrogen-bond donors (Lipinski definition) is 2. The molecular formula is C21H22FN5O. The lowest BCUT2D eigenvalue weighted by atomic mass is 9.83. The van der Waals surface area contributed by atoms with Crippen LogP contribution in [0.2, 0.25) is 0 Å². The van der Waals surface area contributed by atoms with Gasteiger partial charge in [0.05, 0.1) is 18.1 Å². The van der Waals surface area contributed by atoms with Gasteiger partial charge in [0, 0.05) is 23.4 Å². The zero-order valence-electron chi connectivity index (χ0n) is 15.4. The van der Waals surface area contributed by atoms with E-state index in [1.807, 2.05) is 6.07 Å². The number of benzene rings is 1. The maximum atomic E-state index is 15.6. The lowest BCUT2D eigenvalue weighted by molar-refractivity contribution is 0.402. The monoisotopic (exact) mass is 379 g/mol. The Bertz CT molecular complexity index is 971. The molecule has 3 aromatic rings. The first-order valence-electron chi connectivity index (χ1n) is 9.41. The summed E-state index contributed by atoms with van der Waals surface area (Å²) in [6, 6.07) is 6.93.